The van der Waals surface area contributed by atoms with Crippen LogP contribution in [0.1, 0.15) is 17.0 Å². The molecule has 3 rings (SSSR count). The second-order valence-corrected chi connectivity index (χ2v) is 6.28. The number of methoxy groups -OCH3 is 1. The highest BCUT2D eigenvalue weighted by atomic mass is 32.1. The van der Waals surface area contributed by atoms with E-state index in [2.05, 4.69) is 10.3 Å². The number of aryl methyl sites for hydroxylation is 1. The highest BCUT2D eigenvalue weighted by Gasteiger charge is 2.08. The van der Waals surface area contributed by atoms with Crippen molar-refractivity contribution in [3.8, 4) is 5.75 Å². The van der Waals surface area contributed by atoms with Gasteiger partial charge in [0.05, 0.1) is 23.9 Å². The lowest BCUT2D eigenvalue weighted by atomic mass is 10.1. The lowest BCUT2D eigenvalue weighted by molar-refractivity contribution is -0.121. The fraction of sp³-hybridized carbons (Fsp3) is 0.222. The molecule has 2 aromatic carbocycles. The van der Waals surface area contributed by atoms with Crippen LogP contribution in [0.4, 0.5) is 0 Å². The molecule has 3 aromatic rings. The van der Waals surface area contributed by atoms with Crippen molar-refractivity contribution >= 4 is 27.5 Å². The molecule has 1 heterocycles. The summed E-state index contributed by atoms with van der Waals surface area (Å²) >= 11 is 1.61. The number of ether oxygens (including phenoxy) is 1. The van der Waals surface area contributed by atoms with Gasteiger partial charge in [-0.25, -0.2) is 4.98 Å². The molecule has 118 valence electrons. The topological polar surface area (TPSA) is 51.2 Å². The van der Waals surface area contributed by atoms with Gasteiger partial charge in [0.1, 0.15) is 10.8 Å². The van der Waals surface area contributed by atoms with E-state index in [4.69, 9.17) is 4.74 Å². The van der Waals surface area contributed by atoms with Crippen molar-refractivity contribution in [3.63, 3.8) is 0 Å². The van der Waals surface area contributed by atoms with Gasteiger partial charge in [-0.15, -0.1) is 11.3 Å². The average Bonchev–Trinajstić information content (AvgIpc) is 3.01. The van der Waals surface area contributed by atoms with Crippen LogP contribution >= 0.6 is 11.3 Å². The SMILES string of the molecule is COc1ccccc1CCC(=O)NCc1nc2ccccc2s1. The fourth-order valence-corrected chi connectivity index (χ4v) is 3.32. The molecule has 0 spiro atoms. The van der Waals surface area contributed by atoms with Crippen molar-refractivity contribution in [2.45, 2.75) is 19.4 Å². The number of nitrogens with zero attached hydrogens (tertiary/aromatic N) is 1. The zero-order valence-electron chi connectivity index (χ0n) is 12.9. The van der Waals surface area contributed by atoms with Crippen molar-refractivity contribution in [3.05, 3.63) is 59.1 Å². The molecular weight excluding hydrogens is 308 g/mol. The molecule has 0 radical (unpaired) electrons. The number of aromatic nitrogens is 1. The maximum atomic E-state index is 12.0. The molecule has 0 aliphatic rings. The number of para-hydroxylation sites is 2. The van der Waals surface area contributed by atoms with E-state index in [1.807, 2.05) is 48.5 Å². The van der Waals surface area contributed by atoms with Crippen LogP contribution < -0.4 is 10.1 Å². The summed E-state index contributed by atoms with van der Waals surface area (Å²) in [6.45, 7) is 0.476. The number of rotatable bonds is 6. The monoisotopic (exact) mass is 326 g/mol. The maximum Gasteiger partial charge on any atom is 0.220 e. The van der Waals surface area contributed by atoms with Crippen LogP contribution in [0, 0.1) is 0 Å². The summed E-state index contributed by atoms with van der Waals surface area (Å²) in [7, 11) is 1.64. The summed E-state index contributed by atoms with van der Waals surface area (Å²) in [4.78, 5) is 16.5. The standard InChI is InChI=1S/C18H18N2O2S/c1-22-15-8-4-2-6-13(15)10-11-17(21)19-12-18-20-14-7-3-5-9-16(14)23-18/h2-9H,10-12H2,1H3,(H,19,21). The maximum absolute atomic E-state index is 12.0. The molecule has 0 bridgehead atoms. The van der Waals surface area contributed by atoms with Crippen LogP contribution in [0.15, 0.2) is 48.5 Å². The lowest BCUT2D eigenvalue weighted by Gasteiger charge is -2.08. The molecule has 0 unspecified atom stereocenters. The van der Waals surface area contributed by atoms with Gasteiger partial charge in [-0.1, -0.05) is 30.3 Å². The van der Waals surface area contributed by atoms with Crippen molar-refractivity contribution < 1.29 is 9.53 Å². The highest BCUT2D eigenvalue weighted by Crippen LogP contribution is 2.21. The van der Waals surface area contributed by atoms with E-state index in [0.717, 1.165) is 26.5 Å². The number of hydrogen-bond acceptors (Lipinski definition) is 4. The summed E-state index contributed by atoms with van der Waals surface area (Å²) < 4.78 is 6.44. The van der Waals surface area contributed by atoms with Gasteiger partial charge in [-0.05, 0) is 30.2 Å². The van der Waals surface area contributed by atoms with Crippen molar-refractivity contribution in [2.75, 3.05) is 7.11 Å². The number of carbonyl (C=O) groups is 1. The molecule has 1 amide bonds. The molecule has 23 heavy (non-hydrogen) atoms. The van der Waals surface area contributed by atoms with Gasteiger partial charge in [0, 0.05) is 6.42 Å². The van der Waals surface area contributed by atoms with E-state index in [0.29, 0.717) is 19.4 Å². The van der Waals surface area contributed by atoms with Gasteiger partial charge in [0.25, 0.3) is 0 Å². The van der Waals surface area contributed by atoms with Crippen molar-refractivity contribution in [2.24, 2.45) is 0 Å². The predicted molar refractivity (Wildman–Crippen MR) is 92.8 cm³/mol. The first-order valence-electron chi connectivity index (χ1n) is 7.49. The molecule has 0 fully saturated rings. The minimum Gasteiger partial charge on any atom is -0.496 e. The van der Waals surface area contributed by atoms with Gasteiger partial charge < -0.3 is 10.1 Å². The van der Waals surface area contributed by atoms with Gasteiger partial charge >= 0.3 is 0 Å². The molecule has 1 aromatic heterocycles. The quantitative estimate of drug-likeness (QED) is 0.753. The van der Waals surface area contributed by atoms with E-state index in [1.165, 1.54) is 0 Å². The number of fused-ring (bicyclic) bond motifs is 1. The molecular formula is C18H18N2O2S. The number of benzene rings is 2. The smallest absolute Gasteiger partial charge is 0.220 e. The molecule has 5 heteroatoms. The molecule has 0 saturated heterocycles. The highest BCUT2D eigenvalue weighted by molar-refractivity contribution is 7.18. The van der Waals surface area contributed by atoms with Crippen LogP contribution in [-0.4, -0.2) is 18.0 Å². The van der Waals surface area contributed by atoms with Crippen LogP contribution in [0.2, 0.25) is 0 Å². The minimum atomic E-state index is 0.0233. The number of hydrogen-bond donors (Lipinski definition) is 1. The first-order chi connectivity index (χ1) is 11.3. The predicted octanol–water partition coefficient (Wildman–Crippen LogP) is 3.55. The molecule has 4 nitrogen and oxygen atoms in total. The Morgan fingerprint density at radius 3 is 2.78 bits per heavy atom. The Bertz CT molecular complexity index is 780. The minimum absolute atomic E-state index is 0.0233. The molecule has 0 atom stereocenters. The van der Waals surface area contributed by atoms with Crippen LogP contribution in [0.3, 0.4) is 0 Å². The van der Waals surface area contributed by atoms with Crippen LogP contribution in [0.5, 0.6) is 5.75 Å². The Kier molecular flexibility index (Phi) is 4.88. The molecule has 0 aliphatic heterocycles. The summed E-state index contributed by atoms with van der Waals surface area (Å²) in [6, 6.07) is 15.8. The molecule has 0 aliphatic carbocycles. The zero-order valence-corrected chi connectivity index (χ0v) is 13.7. The van der Waals surface area contributed by atoms with Crippen LogP contribution in [-0.2, 0) is 17.8 Å². The lowest BCUT2D eigenvalue weighted by Crippen LogP contribution is -2.22. The summed E-state index contributed by atoms with van der Waals surface area (Å²) in [5.74, 6) is 0.849. The van der Waals surface area contributed by atoms with E-state index in [1.54, 1.807) is 18.4 Å². The van der Waals surface area contributed by atoms with Gasteiger partial charge in [0.15, 0.2) is 0 Å². The first kappa shape index (κ1) is 15.5. The first-order valence-corrected chi connectivity index (χ1v) is 8.31. The largest absolute Gasteiger partial charge is 0.496 e. The Balaban J connectivity index is 1.53. The van der Waals surface area contributed by atoms with E-state index in [-0.39, 0.29) is 5.91 Å². The average molecular weight is 326 g/mol. The Morgan fingerprint density at radius 2 is 1.96 bits per heavy atom. The normalized spacial score (nSPS) is 10.7. The zero-order chi connectivity index (χ0) is 16.1. The summed E-state index contributed by atoms with van der Waals surface area (Å²) in [6.07, 6.45) is 1.10. The van der Waals surface area contributed by atoms with Gasteiger partial charge in [0.2, 0.25) is 5.91 Å². The fourth-order valence-electron chi connectivity index (χ4n) is 2.42. The third-order valence-corrected chi connectivity index (χ3v) is 4.63. The third-order valence-electron chi connectivity index (χ3n) is 3.59. The van der Waals surface area contributed by atoms with Crippen LogP contribution in [0.25, 0.3) is 10.2 Å². The third kappa shape index (κ3) is 3.87. The van der Waals surface area contributed by atoms with Crippen molar-refractivity contribution in [1.29, 1.82) is 0 Å². The Morgan fingerprint density at radius 1 is 1.17 bits per heavy atom. The number of amides is 1. The van der Waals surface area contributed by atoms with Crippen molar-refractivity contribution in [1.82, 2.24) is 10.3 Å². The van der Waals surface area contributed by atoms with Gasteiger partial charge in [-0.3, -0.25) is 4.79 Å². The Labute approximate surface area is 139 Å². The number of nitrogens with one attached hydrogen (secondary N) is 1. The number of carbonyl (C=O) groups excluding carboxylic acids is 1. The van der Waals surface area contributed by atoms with E-state index in [9.17, 15) is 4.79 Å². The molecule has 1 N–H and O–H groups in total. The number of thiazole rings is 1. The Hall–Kier alpha value is -2.40. The second-order valence-electron chi connectivity index (χ2n) is 5.16. The molecule has 0 saturated carbocycles. The summed E-state index contributed by atoms with van der Waals surface area (Å²) in [5, 5.41) is 3.86. The van der Waals surface area contributed by atoms with E-state index >= 15 is 0 Å². The summed E-state index contributed by atoms with van der Waals surface area (Å²) in [5.41, 5.74) is 2.03. The van der Waals surface area contributed by atoms with Gasteiger partial charge in [-0.2, -0.15) is 0 Å². The van der Waals surface area contributed by atoms with E-state index < -0.39 is 0 Å². The second kappa shape index (κ2) is 7.24.